The normalized spacial score (nSPS) is 10.4. The van der Waals surface area contributed by atoms with Gasteiger partial charge in [-0.15, -0.1) is 0 Å². The quantitative estimate of drug-likeness (QED) is 0.773. The molecule has 1 aromatic rings. The molecule has 2 N–H and O–H groups in total. The third-order valence-electron chi connectivity index (χ3n) is 2.32. The summed E-state index contributed by atoms with van der Waals surface area (Å²) in [5.41, 5.74) is 0.879. The maximum absolute atomic E-state index is 10.6. The van der Waals surface area contributed by atoms with E-state index in [9.17, 15) is 4.79 Å². The van der Waals surface area contributed by atoms with Gasteiger partial charge in [0, 0.05) is 18.2 Å². The first-order chi connectivity index (χ1) is 8.54. The average Bonchev–Trinajstić information content (AvgIpc) is 2.33. The Bertz CT molecular complexity index is 404. The molecule has 5 nitrogen and oxygen atoms in total. The first-order valence-electron chi connectivity index (χ1n) is 5.78. The summed E-state index contributed by atoms with van der Waals surface area (Å²) >= 11 is 0. The van der Waals surface area contributed by atoms with Crippen LogP contribution in [0.3, 0.4) is 0 Å². The Kier molecular flexibility index (Phi) is 5.45. The molecule has 18 heavy (non-hydrogen) atoms. The van der Waals surface area contributed by atoms with Crippen LogP contribution in [0.2, 0.25) is 0 Å². The van der Waals surface area contributed by atoms with Gasteiger partial charge < -0.3 is 19.9 Å². The first-order valence-corrected chi connectivity index (χ1v) is 5.78. The Morgan fingerprint density at radius 3 is 2.72 bits per heavy atom. The summed E-state index contributed by atoms with van der Waals surface area (Å²) in [4.78, 5) is 10.6. The molecule has 100 valence electrons. The van der Waals surface area contributed by atoms with E-state index >= 15 is 0 Å². The van der Waals surface area contributed by atoms with E-state index in [2.05, 4.69) is 5.32 Å². The molecule has 0 fully saturated rings. The van der Waals surface area contributed by atoms with Crippen LogP contribution in [-0.4, -0.2) is 30.8 Å². The SMILES string of the molecule is COc1cccc(CNC(C)C)c1OCC(=O)O. The van der Waals surface area contributed by atoms with E-state index in [-0.39, 0.29) is 6.61 Å². The topological polar surface area (TPSA) is 67.8 Å². The molecule has 0 spiro atoms. The van der Waals surface area contributed by atoms with E-state index in [0.29, 0.717) is 24.1 Å². The molecule has 0 atom stereocenters. The van der Waals surface area contributed by atoms with Gasteiger partial charge >= 0.3 is 5.97 Å². The molecular weight excluding hydrogens is 234 g/mol. The van der Waals surface area contributed by atoms with Gasteiger partial charge in [-0.2, -0.15) is 0 Å². The lowest BCUT2D eigenvalue weighted by Gasteiger charge is -2.15. The lowest BCUT2D eigenvalue weighted by Crippen LogP contribution is -2.22. The van der Waals surface area contributed by atoms with E-state index in [1.165, 1.54) is 7.11 Å². The maximum Gasteiger partial charge on any atom is 0.341 e. The maximum atomic E-state index is 10.6. The number of benzene rings is 1. The number of nitrogens with one attached hydrogen (secondary N) is 1. The number of carboxylic acid groups (broad SMARTS) is 1. The fourth-order valence-electron chi connectivity index (χ4n) is 1.47. The second kappa shape index (κ2) is 6.86. The highest BCUT2D eigenvalue weighted by molar-refractivity contribution is 5.68. The molecule has 0 saturated heterocycles. The van der Waals surface area contributed by atoms with Crippen LogP contribution in [0.5, 0.6) is 11.5 Å². The van der Waals surface area contributed by atoms with Gasteiger partial charge in [-0.3, -0.25) is 0 Å². The van der Waals surface area contributed by atoms with Crippen molar-refractivity contribution < 1.29 is 19.4 Å². The van der Waals surface area contributed by atoms with E-state index < -0.39 is 5.97 Å². The fraction of sp³-hybridized carbons (Fsp3) is 0.462. The highest BCUT2D eigenvalue weighted by Gasteiger charge is 2.12. The molecule has 0 aliphatic heterocycles. The molecule has 0 unspecified atom stereocenters. The number of rotatable bonds is 7. The molecule has 0 saturated carbocycles. The Morgan fingerprint density at radius 2 is 2.17 bits per heavy atom. The van der Waals surface area contributed by atoms with Gasteiger partial charge in [-0.25, -0.2) is 4.79 Å². The predicted octanol–water partition coefficient (Wildman–Crippen LogP) is 1.66. The zero-order chi connectivity index (χ0) is 13.5. The summed E-state index contributed by atoms with van der Waals surface area (Å²) in [6.45, 7) is 4.30. The van der Waals surface area contributed by atoms with Crippen LogP contribution in [0.4, 0.5) is 0 Å². The number of methoxy groups -OCH3 is 1. The number of aliphatic carboxylic acids is 1. The third kappa shape index (κ3) is 4.25. The van der Waals surface area contributed by atoms with Gasteiger partial charge in [0.25, 0.3) is 0 Å². The van der Waals surface area contributed by atoms with E-state index in [4.69, 9.17) is 14.6 Å². The van der Waals surface area contributed by atoms with Crippen LogP contribution in [0.1, 0.15) is 19.4 Å². The van der Waals surface area contributed by atoms with Gasteiger partial charge in [0.2, 0.25) is 0 Å². The van der Waals surface area contributed by atoms with Gasteiger partial charge in [0.15, 0.2) is 18.1 Å². The number of carboxylic acids is 1. The van der Waals surface area contributed by atoms with Crippen molar-refractivity contribution in [3.63, 3.8) is 0 Å². The minimum atomic E-state index is -1.01. The fourth-order valence-corrected chi connectivity index (χ4v) is 1.47. The average molecular weight is 253 g/mol. The Morgan fingerprint density at radius 1 is 1.44 bits per heavy atom. The van der Waals surface area contributed by atoms with Crippen molar-refractivity contribution in [2.75, 3.05) is 13.7 Å². The monoisotopic (exact) mass is 253 g/mol. The Hall–Kier alpha value is -1.75. The van der Waals surface area contributed by atoms with E-state index in [1.807, 2.05) is 26.0 Å². The van der Waals surface area contributed by atoms with Crippen molar-refractivity contribution in [3.8, 4) is 11.5 Å². The molecule has 5 heteroatoms. The lowest BCUT2D eigenvalue weighted by molar-refractivity contribution is -0.139. The van der Waals surface area contributed by atoms with Crippen molar-refractivity contribution in [2.24, 2.45) is 0 Å². The van der Waals surface area contributed by atoms with Crippen molar-refractivity contribution in [2.45, 2.75) is 26.4 Å². The smallest absolute Gasteiger partial charge is 0.341 e. The van der Waals surface area contributed by atoms with Crippen LogP contribution in [0.15, 0.2) is 18.2 Å². The standard InChI is InChI=1S/C13H19NO4/c1-9(2)14-7-10-5-4-6-11(17-3)13(10)18-8-12(15)16/h4-6,9,14H,7-8H2,1-3H3,(H,15,16). The molecule has 0 amide bonds. The Balaban J connectivity index is 2.89. The molecule has 0 bridgehead atoms. The molecule has 0 aliphatic rings. The van der Waals surface area contributed by atoms with Crippen molar-refractivity contribution in [1.82, 2.24) is 5.32 Å². The number of ether oxygens (including phenoxy) is 2. The van der Waals surface area contributed by atoms with Gasteiger partial charge in [-0.05, 0) is 6.07 Å². The number of hydrogen-bond donors (Lipinski definition) is 2. The van der Waals surface area contributed by atoms with Gasteiger partial charge in [-0.1, -0.05) is 26.0 Å². The van der Waals surface area contributed by atoms with Crippen LogP contribution in [0, 0.1) is 0 Å². The zero-order valence-electron chi connectivity index (χ0n) is 10.9. The highest BCUT2D eigenvalue weighted by atomic mass is 16.5. The molecule has 1 rings (SSSR count). The summed E-state index contributed by atoms with van der Waals surface area (Å²) in [5, 5.41) is 11.9. The van der Waals surface area contributed by atoms with Crippen molar-refractivity contribution >= 4 is 5.97 Å². The molecular formula is C13H19NO4. The van der Waals surface area contributed by atoms with Gasteiger partial charge in [0.1, 0.15) is 0 Å². The molecule has 0 aromatic heterocycles. The second-order valence-electron chi connectivity index (χ2n) is 4.17. The molecule has 0 heterocycles. The van der Waals surface area contributed by atoms with Crippen molar-refractivity contribution in [1.29, 1.82) is 0 Å². The summed E-state index contributed by atoms with van der Waals surface area (Å²) in [6.07, 6.45) is 0. The summed E-state index contributed by atoms with van der Waals surface area (Å²) < 4.78 is 10.5. The molecule has 0 radical (unpaired) electrons. The summed E-state index contributed by atoms with van der Waals surface area (Å²) in [7, 11) is 1.53. The van der Waals surface area contributed by atoms with Crippen LogP contribution < -0.4 is 14.8 Å². The summed E-state index contributed by atoms with van der Waals surface area (Å²) in [5.74, 6) is 0.0125. The first kappa shape index (κ1) is 14.3. The van der Waals surface area contributed by atoms with Crippen LogP contribution >= 0.6 is 0 Å². The number of carbonyl (C=O) groups is 1. The molecule has 0 aliphatic carbocycles. The molecule has 1 aromatic carbocycles. The van der Waals surface area contributed by atoms with Crippen molar-refractivity contribution in [3.05, 3.63) is 23.8 Å². The van der Waals surface area contributed by atoms with E-state index in [1.54, 1.807) is 6.07 Å². The number of hydrogen-bond acceptors (Lipinski definition) is 4. The van der Waals surface area contributed by atoms with E-state index in [0.717, 1.165) is 5.56 Å². The minimum absolute atomic E-state index is 0.337. The lowest BCUT2D eigenvalue weighted by atomic mass is 10.1. The zero-order valence-corrected chi connectivity index (χ0v) is 10.9. The highest BCUT2D eigenvalue weighted by Crippen LogP contribution is 2.31. The summed E-state index contributed by atoms with van der Waals surface area (Å²) in [6, 6.07) is 5.82. The largest absolute Gasteiger partial charge is 0.493 e. The number of para-hydroxylation sites is 1. The minimum Gasteiger partial charge on any atom is -0.493 e. The second-order valence-corrected chi connectivity index (χ2v) is 4.17. The van der Waals surface area contributed by atoms with Crippen LogP contribution in [-0.2, 0) is 11.3 Å². The van der Waals surface area contributed by atoms with Crippen LogP contribution in [0.25, 0.3) is 0 Å². The third-order valence-corrected chi connectivity index (χ3v) is 2.32. The van der Waals surface area contributed by atoms with Gasteiger partial charge in [0.05, 0.1) is 7.11 Å². The Labute approximate surface area is 107 Å². The predicted molar refractivity (Wildman–Crippen MR) is 68.1 cm³/mol.